The average Bonchev–Trinajstić information content (AvgIpc) is 2.78. The summed E-state index contributed by atoms with van der Waals surface area (Å²) < 4.78 is 6.47. The van der Waals surface area contributed by atoms with E-state index in [4.69, 9.17) is 9.72 Å². The number of benzene rings is 2. The normalized spacial score (nSPS) is 15.2. The van der Waals surface area contributed by atoms with Gasteiger partial charge < -0.3 is 4.74 Å². The van der Waals surface area contributed by atoms with Gasteiger partial charge in [0.05, 0.1) is 11.7 Å². The van der Waals surface area contributed by atoms with Gasteiger partial charge in [0.2, 0.25) is 0 Å². The first-order chi connectivity index (χ1) is 16.2. The molecule has 180 valence electrons. The molecule has 3 heteroatoms. The maximum absolute atomic E-state index is 6.47. The molecule has 1 unspecified atom stereocenters. The van der Waals surface area contributed by atoms with E-state index in [0.717, 1.165) is 38.2 Å². The molecule has 0 aliphatic carbocycles. The molecule has 2 heterocycles. The lowest BCUT2D eigenvalue weighted by molar-refractivity contribution is -0.0531. The molecule has 0 saturated heterocycles. The van der Waals surface area contributed by atoms with Gasteiger partial charge in [-0.25, -0.2) is 0 Å². The van der Waals surface area contributed by atoms with Gasteiger partial charge in [-0.05, 0) is 83.2 Å². The van der Waals surface area contributed by atoms with Gasteiger partial charge in [0.1, 0.15) is 0 Å². The van der Waals surface area contributed by atoms with Crippen LogP contribution < -0.4 is 0 Å². The van der Waals surface area contributed by atoms with Gasteiger partial charge in [-0.2, -0.15) is 0 Å². The summed E-state index contributed by atoms with van der Waals surface area (Å²) in [6.45, 7) is 16.0. The summed E-state index contributed by atoms with van der Waals surface area (Å²) in [6.07, 6.45) is 3.29. The number of aryl methyl sites for hydroxylation is 3. The van der Waals surface area contributed by atoms with E-state index in [1.165, 1.54) is 45.5 Å². The first kappa shape index (κ1) is 24.6. The lowest BCUT2D eigenvalue weighted by Gasteiger charge is -2.34. The first-order valence-corrected chi connectivity index (χ1v) is 12.7. The highest BCUT2D eigenvalue weighted by atomic mass is 16.5. The minimum Gasteiger partial charge on any atom is -0.368 e. The van der Waals surface area contributed by atoms with Crippen molar-refractivity contribution in [3.05, 3.63) is 88.2 Å². The van der Waals surface area contributed by atoms with Crippen molar-refractivity contribution < 1.29 is 4.74 Å². The Bertz CT molecular complexity index is 1100. The van der Waals surface area contributed by atoms with Gasteiger partial charge in [0.15, 0.2) is 0 Å². The minimum absolute atomic E-state index is 0.0254. The summed E-state index contributed by atoms with van der Waals surface area (Å²) in [5, 5.41) is 0. The average molecular weight is 457 g/mol. The van der Waals surface area contributed by atoms with E-state index in [1.54, 1.807) is 0 Å². The lowest BCUT2D eigenvalue weighted by Crippen LogP contribution is -2.33. The Morgan fingerprint density at radius 2 is 1.71 bits per heavy atom. The van der Waals surface area contributed by atoms with Gasteiger partial charge >= 0.3 is 0 Å². The molecule has 0 saturated carbocycles. The Morgan fingerprint density at radius 1 is 1.00 bits per heavy atom. The fourth-order valence-electron chi connectivity index (χ4n) is 5.24. The number of pyridine rings is 1. The Morgan fingerprint density at radius 3 is 2.38 bits per heavy atom. The number of fused-ring (bicyclic) bond motifs is 1. The van der Waals surface area contributed by atoms with Crippen molar-refractivity contribution in [3.63, 3.8) is 0 Å². The first-order valence-electron chi connectivity index (χ1n) is 12.7. The summed E-state index contributed by atoms with van der Waals surface area (Å²) in [5.41, 5.74) is 10.1. The topological polar surface area (TPSA) is 25.4 Å². The van der Waals surface area contributed by atoms with Crippen LogP contribution in [0.15, 0.2) is 54.6 Å². The maximum Gasteiger partial charge on any atom is 0.0827 e. The van der Waals surface area contributed by atoms with E-state index in [2.05, 4.69) is 101 Å². The van der Waals surface area contributed by atoms with Crippen LogP contribution in [0.25, 0.3) is 11.1 Å². The Labute approximate surface area is 206 Å². The molecule has 2 aromatic carbocycles. The third-order valence-corrected chi connectivity index (χ3v) is 6.72. The molecule has 1 atom stereocenters. The maximum atomic E-state index is 6.47. The number of hydrogen-bond donors (Lipinski definition) is 0. The second-order valence-electron chi connectivity index (χ2n) is 10.8. The molecule has 3 aromatic rings. The van der Waals surface area contributed by atoms with E-state index in [9.17, 15) is 0 Å². The van der Waals surface area contributed by atoms with Crippen molar-refractivity contribution in [1.29, 1.82) is 0 Å². The number of rotatable bonds is 7. The number of hydrogen-bond acceptors (Lipinski definition) is 3. The van der Waals surface area contributed by atoms with Crippen molar-refractivity contribution in [2.24, 2.45) is 0 Å². The van der Waals surface area contributed by atoms with Crippen LogP contribution >= 0.6 is 0 Å². The van der Waals surface area contributed by atoms with Crippen LogP contribution in [0, 0.1) is 13.8 Å². The van der Waals surface area contributed by atoms with Crippen LogP contribution in [0.3, 0.4) is 0 Å². The quantitative estimate of drug-likeness (QED) is 0.375. The van der Waals surface area contributed by atoms with Gasteiger partial charge in [-0.15, -0.1) is 0 Å². The molecular weight excluding hydrogens is 416 g/mol. The van der Waals surface area contributed by atoms with E-state index < -0.39 is 0 Å². The molecule has 0 amide bonds. The third-order valence-electron chi connectivity index (χ3n) is 6.72. The van der Waals surface area contributed by atoms with Crippen molar-refractivity contribution >= 4 is 0 Å². The molecule has 1 aliphatic rings. The smallest absolute Gasteiger partial charge is 0.0827 e. The van der Waals surface area contributed by atoms with Gasteiger partial charge in [0, 0.05) is 36.5 Å². The third kappa shape index (κ3) is 5.95. The zero-order valence-electron chi connectivity index (χ0n) is 21.8. The van der Waals surface area contributed by atoms with E-state index in [-0.39, 0.29) is 11.7 Å². The van der Waals surface area contributed by atoms with Gasteiger partial charge in [-0.3, -0.25) is 9.88 Å². The molecule has 3 nitrogen and oxygen atoms in total. The molecule has 0 fully saturated rings. The predicted molar refractivity (Wildman–Crippen MR) is 142 cm³/mol. The van der Waals surface area contributed by atoms with Crippen LogP contribution in [0.4, 0.5) is 0 Å². The Balaban J connectivity index is 1.66. The van der Waals surface area contributed by atoms with E-state index in [0.29, 0.717) is 0 Å². The largest absolute Gasteiger partial charge is 0.368 e. The van der Waals surface area contributed by atoms with Crippen LogP contribution in [0.5, 0.6) is 0 Å². The molecule has 0 spiro atoms. The summed E-state index contributed by atoms with van der Waals surface area (Å²) in [5.74, 6) is 0. The van der Waals surface area contributed by atoms with Crippen molar-refractivity contribution in [1.82, 2.24) is 9.88 Å². The summed E-state index contributed by atoms with van der Waals surface area (Å²) in [4.78, 5) is 7.73. The summed E-state index contributed by atoms with van der Waals surface area (Å²) in [7, 11) is 0. The summed E-state index contributed by atoms with van der Waals surface area (Å²) in [6, 6.07) is 19.8. The Kier molecular flexibility index (Phi) is 7.54. The molecule has 34 heavy (non-hydrogen) atoms. The van der Waals surface area contributed by atoms with Crippen molar-refractivity contribution in [2.75, 3.05) is 13.1 Å². The highest BCUT2D eigenvalue weighted by molar-refractivity contribution is 5.73. The summed E-state index contributed by atoms with van der Waals surface area (Å²) >= 11 is 0. The van der Waals surface area contributed by atoms with E-state index in [1.807, 2.05) is 0 Å². The van der Waals surface area contributed by atoms with Crippen LogP contribution in [-0.2, 0) is 24.1 Å². The molecule has 1 aromatic heterocycles. The standard InChI is InChI=1S/C31H40N2O/c1-22-14-16-26(17-15-22)30-27-21-33(19-10-13-25-11-8-7-9-12-25)20-18-28(27)32-23(2)29(30)24(3)34-31(4,5)6/h7-9,11-12,14-17,24H,10,13,18-21H2,1-6H3. The van der Waals surface area contributed by atoms with Crippen molar-refractivity contribution in [2.45, 2.75) is 79.1 Å². The zero-order valence-corrected chi connectivity index (χ0v) is 21.8. The second kappa shape index (κ2) is 10.4. The number of aromatic nitrogens is 1. The molecule has 0 bridgehead atoms. The van der Waals surface area contributed by atoms with Crippen LogP contribution in [-0.4, -0.2) is 28.6 Å². The molecular formula is C31H40N2O. The van der Waals surface area contributed by atoms with E-state index >= 15 is 0 Å². The lowest BCUT2D eigenvalue weighted by atomic mass is 9.87. The van der Waals surface area contributed by atoms with Gasteiger partial charge in [-0.1, -0.05) is 60.2 Å². The van der Waals surface area contributed by atoms with Crippen molar-refractivity contribution in [3.8, 4) is 11.1 Å². The second-order valence-corrected chi connectivity index (χ2v) is 10.8. The Hall–Kier alpha value is -2.49. The number of ether oxygens (including phenoxy) is 1. The SMILES string of the molecule is Cc1ccc(-c2c3c(nc(C)c2C(C)OC(C)(C)C)CCN(CCCc2ccccc2)C3)cc1. The predicted octanol–water partition coefficient (Wildman–Crippen LogP) is 7.23. The fraction of sp³-hybridized carbons (Fsp3) is 0.452. The van der Waals surface area contributed by atoms with Gasteiger partial charge in [0.25, 0.3) is 0 Å². The van der Waals surface area contributed by atoms with Crippen LogP contribution in [0.1, 0.15) is 73.9 Å². The zero-order chi connectivity index (χ0) is 24.3. The monoisotopic (exact) mass is 456 g/mol. The molecule has 4 rings (SSSR count). The molecule has 0 radical (unpaired) electrons. The molecule has 0 N–H and O–H groups in total. The fourth-order valence-corrected chi connectivity index (χ4v) is 5.24. The molecule has 1 aliphatic heterocycles. The van der Waals surface area contributed by atoms with Crippen LogP contribution in [0.2, 0.25) is 0 Å². The highest BCUT2D eigenvalue weighted by Gasteiger charge is 2.28. The minimum atomic E-state index is -0.213. The highest BCUT2D eigenvalue weighted by Crippen LogP contribution is 2.39. The number of nitrogens with zero attached hydrogens (tertiary/aromatic N) is 2.